The lowest BCUT2D eigenvalue weighted by molar-refractivity contribution is 0.0686. The quantitative estimate of drug-likeness (QED) is 0.631. The van der Waals surface area contributed by atoms with Crippen LogP contribution in [0.25, 0.3) is 0 Å². The van der Waals surface area contributed by atoms with Crippen LogP contribution < -0.4 is 11.5 Å². The zero-order valence-corrected chi connectivity index (χ0v) is 11.5. The molecular formula is C14H13ClN2O4. The lowest BCUT2D eigenvalue weighted by atomic mass is 10.2. The van der Waals surface area contributed by atoms with Crippen LogP contribution in [-0.4, -0.2) is 22.2 Å². The summed E-state index contributed by atoms with van der Waals surface area (Å²) in [5.41, 5.74) is 11.6. The van der Waals surface area contributed by atoms with Crippen LogP contribution in [0.5, 0.6) is 0 Å². The van der Waals surface area contributed by atoms with Crippen molar-refractivity contribution in [1.29, 1.82) is 0 Å². The zero-order valence-electron chi connectivity index (χ0n) is 10.8. The minimum absolute atomic E-state index is 0.0340. The van der Waals surface area contributed by atoms with Crippen molar-refractivity contribution in [1.82, 2.24) is 0 Å². The lowest BCUT2D eigenvalue weighted by Crippen LogP contribution is -2.00. The van der Waals surface area contributed by atoms with Crippen molar-refractivity contribution in [2.75, 3.05) is 11.5 Å². The van der Waals surface area contributed by atoms with Gasteiger partial charge in [0.1, 0.15) is 0 Å². The molecule has 0 saturated carbocycles. The van der Waals surface area contributed by atoms with Crippen LogP contribution in [0.1, 0.15) is 20.7 Å². The van der Waals surface area contributed by atoms with Gasteiger partial charge in [0.05, 0.1) is 16.1 Å². The highest BCUT2D eigenvalue weighted by Crippen LogP contribution is 2.18. The van der Waals surface area contributed by atoms with E-state index in [2.05, 4.69) is 0 Å². The number of carboxylic acid groups (broad SMARTS) is 2. The van der Waals surface area contributed by atoms with Gasteiger partial charge in [-0.25, -0.2) is 9.59 Å². The maximum absolute atomic E-state index is 10.4. The van der Waals surface area contributed by atoms with E-state index >= 15 is 0 Å². The fourth-order valence-corrected chi connectivity index (χ4v) is 1.60. The average Bonchev–Trinajstić information content (AvgIpc) is 2.42. The molecule has 0 aliphatic rings. The first kappa shape index (κ1) is 16.3. The third-order valence-corrected chi connectivity index (χ3v) is 2.74. The summed E-state index contributed by atoms with van der Waals surface area (Å²) in [5, 5.41) is 17.2. The van der Waals surface area contributed by atoms with Crippen LogP contribution in [0.2, 0.25) is 5.02 Å². The number of para-hydroxylation sites is 1. The molecule has 0 aromatic heterocycles. The Morgan fingerprint density at radius 2 is 1.48 bits per heavy atom. The van der Waals surface area contributed by atoms with Gasteiger partial charge in [-0.3, -0.25) is 0 Å². The van der Waals surface area contributed by atoms with Crippen LogP contribution >= 0.6 is 11.6 Å². The molecule has 0 bridgehead atoms. The average molecular weight is 309 g/mol. The number of nitrogen functional groups attached to an aromatic ring is 2. The van der Waals surface area contributed by atoms with Gasteiger partial charge in [-0.2, -0.15) is 0 Å². The van der Waals surface area contributed by atoms with Gasteiger partial charge >= 0.3 is 11.9 Å². The zero-order chi connectivity index (χ0) is 16.0. The molecular weight excluding hydrogens is 296 g/mol. The summed E-state index contributed by atoms with van der Waals surface area (Å²) in [6.07, 6.45) is 0. The molecule has 2 aromatic carbocycles. The topological polar surface area (TPSA) is 127 Å². The minimum atomic E-state index is -1.07. The molecule has 0 aliphatic heterocycles. The van der Waals surface area contributed by atoms with Gasteiger partial charge in [-0.05, 0) is 30.3 Å². The SMILES string of the molecule is Nc1ccc(Cl)c(C(=O)O)c1.Nc1ccccc1C(=O)O. The van der Waals surface area contributed by atoms with E-state index < -0.39 is 11.9 Å². The Hall–Kier alpha value is -2.73. The van der Waals surface area contributed by atoms with Crippen molar-refractivity contribution < 1.29 is 19.8 Å². The van der Waals surface area contributed by atoms with Crippen molar-refractivity contribution in [3.63, 3.8) is 0 Å². The molecule has 0 heterocycles. The van der Waals surface area contributed by atoms with Gasteiger partial charge in [0.25, 0.3) is 0 Å². The number of carbonyl (C=O) groups is 2. The van der Waals surface area contributed by atoms with E-state index in [1.165, 1.54) is 18.2 Å². The second-order valence-corrected chi connectivity index (χ2v) is 4.34. The van der Waals surface area contributed by atoms with Crippen molar-refractivity contribution in [3.8, 4) is 0 Å². The minimum Gasteiger partial charge on any atom is -0.478 e. The molecule has 6 N–H and O–H groups in total. The molecule has 0 atom stereocenters. The third kappa shape index (κ3) is 4.70. The number of anilines is 2. The molecule has 21 heavy (non-hydrogen) atoms. The summed E-state index contributed by atoms with van der Waals surface area (Å²) in [4.78, 5) is 20.8. The highest BCUT2D eigenvalue weighted by atomic mass is 35.5. The summed E-state index contributed by atoms with van der Waals surface area (Å²) >= 11 is 5.55. The number of aromatic carboxylic acids is 2. The first-order valence-electron chi connectivity index (χ1n) is 5.69. The highest BCUT2D eigenvalue weighted by molar-refractivity contribution is 6.33. The van der Waals surface area contributed by atoms with Crippen molar-refractivity contribution >= 4 is 34.9 Å². The third-order valence-electron chi connectivity index (χ3n) is 2.41. The molecule has 0 fully saturated rings. The fourth-order valence-electron chi connectivity index (χ4n) is 1.40. The lowest BCUT2D eigenvalue weighted by Gasteiger charge is -1.98. The number of benzene rings is 2. The van der Waals surface area contributed by atoms with Crippen LogP contribution in [0.15, 0.2) is 42.5 Å². The molecule has 0 unspecified atom stereocenters. The van der Waals surface area contributed by atoms with E-state index in [9.17, 15) is 9.59 Å². The smallest absolute Gasteiger partial charge is 0.337 e. The maximum atomic E-state index is 10.4. The molecule has 110 valence electrons. The van der Waals surface area contributed by atoms with E-state index in [4.69, 9.17) is 33.3 Å². The molecule has 0 radical (unpaired) electrons. The number of nitrogens with two attached hydrogens (primary N) is 2. The molecule has 0 amide bonds. The number of halogens is 1. The number of carboxylic acids is 2. The van der Waals surface area contributed by atoms with Crippen molar-refractivity contribution in [3.05, 3.63) is 58.6 Å². The molecule has 2 aromatic rings. The maximum Gasteiger partial charge on any atom is 0.337 e. The summed E-state index contributed by atoms with van der Waals surface area (Å²) in [6.45, 7) is 0. The molecule has 2 rings (SSSR count). The Bertz CT molecular complexity index is 674. The molecule has 6 nitrogen and oxygen atoms in total. The van der Waals surface area contributed by atoms with Crippen LogP contribution in [0.4, 0.5) is 11.4 Å². The molecule has 0 saturated heterocycles. The predicted octanol–water partition coefficient (Wildman–Crippen LogP) is 2.59. The number of hydrogen-bond donors (Lipinski definition) is 4. The van der Waals surface area contributed by atoms with Gasteiger partial charge in [-0.15, -0.1) is 0 Å². The van der Waals surface area contributed by atoms with Gasteiger partial charge < -0.3 is 21.7 Å². The Balaban J connectivity index is 0.000000211. The van der Waals surface area contributed by atoms with Crippen LogP contribution in [0, 0.1) is 0 Å². The van der Waals surface area contributed by atoms with E-state index in [1.807, 2.05) is 0 Å². The monoisotopic (exact) mass is 308 g/mol. The highest BCUT2D eigenvalue weighted by Gasteiger charge is 2.07. The van der Waals surface area contributed by atoms with E-state index in [0.29, 0.717) is 11.4 Å². The van der Waals surface area contributed by atoms with Gasteiger partial charge in [0.2, 0.25) is 0 Å². The normalized spacial score (nSPS) is 9.38. The Morgan fingerprint density at radius 1 is 0.905 bits per heavy atom. The summed E-state index contributed by atoms with van der Waals surface area (Å²) in [5.74, 6) is -2.06. The molecule has 7 heteroatoms. The number of hydrogen-bond acceptors (Lipinski definition) is 4. The van der Waals surface area contributed by atoms with Crippen LogP contribution in [-0.2, 0) is 0 Å². The summed E-state index contributed by atoms with van der Waals surface area (Å²) < 4.78 is 0. The van der Waals surface area contributed by atoms with E-state index in [1.54, 1.807) is 24.3 Å². The summed E-state index contributed by atoms with van der Waals surface area (Å²) in [7, 11) is 0. The molecule has 0 aliphatic carbocycles. The molecule has 0 spiro atoms. The van der Waals surface area contributed by atoms with Gasteiger partial charge in [0.15, 0.2) is 0 Å². The number of rotatable bonds is 2. The van der Waals surface area contributed by atoms with E-state index in [0.717, 1.165) is 0 Å². The van der Waals surface area contributed by atoms with Crippen molar-refractivity contribution in [2.24, 2.45) is 0 Å². The van der Waals surface area contributed by atoms with Gasteiger partial charge in [0, 0.05) is 11.4 Å². The Morgan fingerprint density at radius 3 is 1.90 bits per heavy atom. The van der Waals surface area contributed by atoms with Crippen molar-refractivity contribution in [2.45, 2.75) is 0 Å². The Kier molecular flexibility index (Phi) is 5.57. The second-order valence-electron chi connectivity index (χ2n) is 3.94. The Labute approximate surface area is 125 Å². The first-order chi connectivity index (χ1) is 9.82. The predicted molar refractivity (Wildman–Crippen MR) is 80.6 cm³/mol. The fraction of sp³-hybridized carbons (Fsp3) is 0. The first-order valence-corrected chi connectivity index (χ1v) is 6.07. The largest absolute Gasteiger partial charge is 0.478 e. The van der Waals surface area contributed by atoms with E-state index in [-0.39, 0.29) is 16.1 Å². The standard InChI is InChI=1S/C7H6ClNO2.C7H7NO2/c8-6-2-1-4(9)3-5(6)7(10)11;8-6-4-2-1-3-5(6)7(9)10/h1-3H,9H2,(H,10,11);1-4H,8H2,(H,9,10). The second kappa shape index (κ2) is 7.16. The summed E-state index contributed by atoms with van der Waals surface area (Å²) in [6, 6.07) is 10.7. The van der Waals surface area contributed by atoms with Gasteiger partial charge in [-0.1, -0.05) is 23.7 Å². The van der Waals surface area contributed by atoms with Crippen LogP contribution in [0.3, 0.4) is 0 Å².